The zero-order chi connectivity index (χ0) is 13.1. The molecule has 5 nitrogen and oxygen atoms in total. The van der Waals surface area contributed by atoms with Gasteiger partial charge < -0.3 is 20.5 Å². The van der Waals surface area contributed by atoms with E-state index in [2.05, 4.69) is 10.6 Å². The SMILES string of the molecule is CC(NCC1(O)CCOC1)C(=O)NC(C)(C)C. The number of nitrogens with one attached hydrogen (secondary N) is 2. The number of hydrogen-bond acceptors (Lipinski definition) is 4. The molecular weight excluding hydrogens is 220 g/mol. The highest BCUT2D eigenvalue weighted by Crippen LogP contribution is 2.17. The molecule has 0 aromatic rings. The van der Waals surface area contributed by atoms with Crippen molar-refractivity contribution in [1.29, 1.82) is 0 Å². The maximum atomic E-state index is 11.8. The molecule has 5 heteroatoms. The third-order valence-electron chi connectivity index (χ3n) is 2.71. The summed E-state index contributed by atoms with van der Waals surface area (Å²) in [7, 11) is 0. The molecule has 1 amide bonds. The molecule has 1 aliphatic rings. The van der Waals surface area contributed by atoms with Crippen molar-refractivity contribution in [3.63, 3.8) is 0 Å². The minimum Gasteiger partial charge on any atom is -0.386 e. The molecule has 1 rings (SSSR count). The Balaban J connectivity index is 2.33. The average molecular weight is 244 g/mol. The fourth-order valence-electron chi connectivity index (χ4n) is 1.65. The summed E-state index contributed by atoms with van der Waals surface area (Å²) < 4.78 is 5.14. The van der Waals surface area contributed by atoms with Crippen molar-refractivity contribution in [2.75, 3.05) is 19.8 Å². The van der Waals surface area contributed by atoms with Crippen LogP contribution in [0.4, 0.5) is 0 Å². The Bertz CT molecular complexity index is 267. The normalized spacial score (nSPS) is 26.9. The van der Waals surface area contributed by atoms with Crippen molar-refractivity contribution in [2.24, 2.45) is 0 Å². The van der Waals surface area contributed by atoms with E-state index in [4.69, 9.17) is 4.74 Å². The Morgan fingerprint density at radius 1 is 1.53 bits per heavy atom. The number of amides is 1. The van der Waals surface area contributed by atoms with E-state index in [-0.39, 0.29) is 17.5 Å². The second kappa shape index (κ2) is 5.33. The number of carbonyl (C=O) groups excluding carboxylic acids is 1. The fourth-order valence-corrected chi connectivity index (χ4v) is 1.65. The summed E-state index contributed by atoms with van der Waals surface area (Å²) in [4.78, 5) is 11.8. The van der Waals surface area contributed by atoms with Crippen LogP contribution in [0.3, 0.4) is 0 Å². The van der Waals surface area contributed by atoms with Crippen molar-refractivity contribution in [3.05, 3.63) is 0 Å². The van der Waals surface area contributed by atoms with E-state index in [0.29, 0.717) is 26.2 Å². The lowest BCUT2D eigenvalue weighted by Gasteiger charge is -2.26. The molecule has 1 heterocycles. The third-order valence-corrected chi connectivity index (χ3v) is 2.71. The van der Waals surface area contributed by atoms with Gasteiger partial charge in [-0.3, -0.25) is 4.79 Å². The molecule has 0 aromatic heterocycles. The zero-order valence-electron chi connectivity index (χ0n) is 11.2. The lowest BCUT2D eigenvalue weighted by Crippen LogP contribution is -2.52. The second-order valence-electron chi connectivity index (χ2n) is 5.87. The van der Waals surface area contributed by atoms with Crippen molar-refractivity contribution in [1.82, 2.24) is 10.6 Å². The number of ether oxygens (including phenoxy) is 1. The molecule has 3 N–H and O–H groups in total. The van der Waals surface area contributed by atoms with E-state index < -0.39 is 5.60 Å². The molecule has 17 heavy (non-hydrogen) atoms. The number of hydrogen-bond donors (Lipinski definition) is 3. The summed E-state index contributed by atoms with van der Waals surface area (Å²) in [6, 6.07) is -0.321. The minimum atomic E-state index is -0.823. The van der Waals surface area contributed by atoms with Crippen LogP contribution in [0.25, 0.3) is 0 Å². The van der Waals surface area contributed by atoms with E-state index in [1.54, 1.807) is 6.92 Å². The molecule has 0 spiro atoms. The van der Waals surface area contributed by atoms with Gasteiger partial charge in [0, 0.05) is 25.1 Å². The highest BCUT2D eigenvalue weighted by Gasteiger charge is 2.33. The number of aliphatic hydroxyl groups is 1. The lowest BCUT2D eigenvalue weighted by molar-refractivity contribution is -0.124. The first kappa shape index (κ1) is 14.4. The van der Waals surface area contributed by atoms with E-state index >= 15 is 0 Å². The first-order valence-electron chi connectivity index (χ1n) is 6.07. The zero-order valence-corrected chi connectivity index (χ0v) is 11.2. The highest BCUT2D eigenvalue weighted by molar-refractivity contribution is 5.81. The van der Waals surface area contributed by atoms with Crippen LogP contribution in [0.15, 0.2) is 0 Å². The first-order chi connectivity index (χ1) is 7.72. The third kappa shape index (κ3) is 5.02. The van der Waals surface area contributed by atoms with E-state index in [1.807, 2.05) is 20.8 Å². The Hall–Kier alpha value is -0.650. The van der Waals surface area contributed by atoms with Crippen molar-refractivity contribution in [2.45, 2.75) is 51.3 Å². The second-order valence-corrected chi connectivity index (χ2v) is 5.87. The number of carbonyl (C=O) groups is 1. The first-order valence-corrected chi connectivity index (χ1v) is 6.07. The summed E-state index contributed by atoms with van der Waals surface area (Å²) in [6.07, 6.45) is 0.619. The minimum absolute atomic E-state index is 0.0555. The summed E-state index contributed by atoms with van der Waals surface area (Å²) in [6.45, 7) is 8.92. The van der Waals surface area contributed by atoms with Gasteiger partial charge in [-0.15, -0.1) is 0 Å². The average Bonchev–Trinajstić information content (AvgIpc) is 2.59. The monoisotopic (exact) mass is 244 g/mol. The summed E-state index contributed by atoms with van der Waals surface area (Å²) in [5.41, 5.74) is -1.06. The van der Waals surface area contributed by atoms with Gasteiger partial charge in [-0.05, 0) is 27.7 Å². The Kier molecular flexibility index (Phi) is 4.52. The Morgan fingerprint density at radius 3 is 2.65 bits per heavy atom. The summed E-state index contributed by atoms with van der Waals surface area (Å²) in [5, 5.41) is 16.0. The van der Waals surface area contributed by atoms with Crippen LogP contribution < -0.4 is 10.6 Å². The number of rotatable bonds is 4. The van der Waals surface area contributed by atoms with Crippen LogP contribution in [0.5, 0.6) is 0 Å². The van der Waals surface area contributed by atoms with Crippen molar-refractivity contribution >= 4 is 5.91 Å². The van der Waals surface area contributed by atoms with Gasteiger partial charge in [-0.1, -0.05) is 0 Å². The largest absolute Gasteiger partial charge is 0.386 e. The van der Waals surface area contributed by atoms with Crippen molar-refractivity contribution in [3.8, 4) is 0 Å². The van der Waals surface area contributed by atoms with Gasteiger partial charge in [0.15, 0.2) is 0 Å². The topological polar surface area (TPSA) is 70.6 Å². The van der Waals surface area contributed by atoms with Gasteiger partial charge in [-0.25, -0.2) is 0 Å². The molecule has 0 aliphatic carbocycles. The smallest absolute Gasteiger partial charge is 0.237 e. The summed E-state index contributed by atoms with van der Waals surface area (Å²) >= 11 is 0. The van der Waals surface area contributed by atoms with Crippen LogP contribution in [0.2, 0.25) is 0 Å². The molecule has 100 valence electrons. The molecule has 0 saturated carbocycles. The predicted molar refractivity (Wildman–Crippen MR) is 65.7 cm³/mol. The lowest BCUT2D eigenvalue weighted by atomic mass is 10.0. The standard InChI is InChI=1S/C12H24N2O3/c1-9(10(15)14-11(2,3)4)13-7-12(16)5-6-17-8-12/h9,13,16H,5-8H2,1-4H3,(H,14,15). The Labute approximate surface area is 103 Å². The van der Waals surface area contributed by atoms with Crippen LogP contribution in [0, 0.1) is 0 Å². The fraction of sp³-hybridized carbons (Fsp3) is 0.917. The van der Waals surface area contributed by atoms with E-state index in [0.717, 1.165) is 0 Å². The predicted octanol–water partition coefficient (Wildman–Crippen LogP) is 0.0306. The maximum Gasteiger partial charge on any atom is 0.237 e. The molecule has 2 unspecified atom stereocenters. The van der Waals surface area contributed by atoms with Gasteiger partial charge in [0.2, 0.25) is 5.91 Å². The molecular formula is C12H24N2O3. The molecule has 0 aromatic carbocycles. The van der Waals surface area contributed by atoms with Crippen LogP contribution in [-0.2, 0) is 9.53 Å². The molecule has 0 bridgehead atoms. The Morgan fingerprint density at radius 2 is 2.18 bits per heavy atom. The highest BCUT2D eigenvalue weighted by atomic mass is 16.5. The van der Waals surface area contributed by atoms with Crippen molar-refractivity contribution < 1.29 is 14.6 Å². The summed E-state index contributed by atoms with van der Waals surface area (Å²) in [5.74, 6) is -0.0555. The quantitative estimate of drug-likeness (QED) is 0.652. The van der Waals surface area contributed by atoms with Crippen LogP contribution in [0.1, 0.15) is 34.1 Å². The van der Waals surface area contributed by atoms with Gasteiger partial charge in [0.25, 0.3) is 0 Å². The van der Waals surface area contributed by atoms with Crippen LogP contribution >= 0.6 is 0 Å². The van der Waals surface area contributed by atoms with Gasteiger partial charge in [0.1, 0.15) is 5.60 Å². The molecule has 2 atom stereocenters. The molecule has 1 fully saturated rings. The molecule has 1 saturated heterocycles. The van der Waals surface area contributed by atoms with Gasteiger partial charge in [0.05, 0.1) is 12.6 Å². The van der Waals surface area contributed by atoms with Gasteiger partial charge in [-0.2, -0.15) is 0 Å². The van der Waals surface area contributed by atoms with E-state index in [1.165, 1.54) is 0 Å². The van der Waals surface area contributed by atoms with E-state index in [9.17, 15) is 9.90 Å². The van der Waals surface area contributed by atoms with Gasteiger partial charge >= 0.3 is 0 Å². The maximum absolute atomic E-state index is 11.8. The molecule has 0 radical (unpaired) electrons. The molecule has 1 aliphatic heterocycles. The van der Waals surface area contributed by atoms with Crippen LogP contribution in [-0.4, -0.2) is 48.0 Å².